The second-order valence-corrected chi connectivity index (χ2v) is 4.97. The molecule has 1 heterocycles. The van der Waals surface area contributed by atoms with E-state index in [1.807, 2.05) is 0 Å². The molecule has 1 rings (SSSR count). The highest BCUT2D eigenvalue weighted by Crippen LogP contribution is 2.16. The Balaban J connectivity index is 2.50. The summed E-state index contributed by atoms with van der Waals surface area (Å²) in [4.78, 5) is 15.3. The molecule has 0 aromatic carbocycles. The predicted octanol–water partition coefficient (Wildman–Crippen LogP) is 2.34. The van der Waals surface area contributed by atoms with Gasteiger partial charge in [0.25, 0.3) is 0 Å². The molecule has 0 aliphatic carbocycles. The van der Waals surface area contributed by atoms with E-state index >= 15 is 0 Å². The first-order chi connectivity index (χ1) is 7.78. The fourth-order valence-electron chi connectivity index (χ4n) is 1.07. The van der Waals surface area contributed by atoms with Crippen LogP contribution in [0, 0.1) is 0 Å². The molecule has 0 atom stereocenters. The number of nitrogens with zero attached hydrogens (tertiary/aromatic N) is 1. The highest BCUT2D eigenvalue weighted by atomic mass is 35.5. The lowest BCUT2D eigenvalue weighted by atomic mass is 10.2. The zero-order chi connectivity index (χ0) is 13.1. The Hall–Kier alpha value is -1.49. The van der Waals surface area contributed by atoms with Gasteiger partial charge in [0.2, 0.25) is 0 Å². The van der Waals surface area contributed by atoms with Crippen LogP contribution in [0.2, 0.25) is 5.02 Å². The first kappa shape index (κ1) is 13.6. The van der Waals surface area contributed by atoms with Crippen LogP contribution in [-0.4, -0.2) is 16.7 Å². The third-order valence-electron chi connectivity index (χ3n) is 1.76. The minimum atomic E-state index is -0.513. The molecule has 0 aliphatic rings. The number of ether oxygens (including phenoxy) is 1. The van der Waals surface area contributed by atoms with Gasteiger partial charge in [-0.3, -0.25) is 0 Å². The van der Waals surface area contributed by atoms with E-state index in [2.05, 4.69) is 10.3 Å². The lowest BCUT2D eigenvalue weighted by Gasteiger charge is -2.19. The molecule has 94 valence electrons. The Labute approximate surface area is 105 Å². The Bertz CT molecular complexity index is 416. The normalized spacial score (nSPS) is 11.1. The molecule has 0 bridgehead atoms. The molecule has 0 spiro atoms. The summed E-state index contributed by atoms with van der Waals surface area (Å²) in [5.41, 5.74) is 5.72. The van der Waals surface area contributed by atoms with Gasteiger partial charge >= 0.3 is 6.09 Å². The number of pyridine rings is 1. The van der Waals surface area contributed by atoms with E-state index in [4.69, 9.17) is 22.1 Å². The number of halogens is 1. The van der Waals surface area contributed by atoms with Crippen molar-refractivity contribution >= 4 is 23.5 Å². The van der Waals surface area contributed by atoms with Crippen molar-refractivity contribution in [3.8, 4) is 0 Å². The fraction of sp³-hybridized carbons (Fsp3) is 0.455. The van der Waals surface area contributed by atoms with Crippen molar-refractivity contribution in [1.29, 1.82) is 0 Å². The quantitative estimate of drug-likeness (QED) is 0.853. The van der Waals surface area contributed by atoms with Crippen molar-refractivity contribution in [2.75, 3.05) is 5.73 Å². The minimum Gasteiger partial charge on any atom is -0.444 e. The smallest absolute Gasteiger partial charge is 0.407 e. The molecule has 3 N–H and O–H groups in total. The van der Waals surface area contributed by atoms with Crippen molar-refractivity contribution in [3.63, 3.8) is 0 Å². The highest BCUT2D eigenvalue weighted by molar-refractivity contribution is 6.32. The molecule has 5 nitrogen and oxygen atoms in total. The molecule has 1 aromatic heterocycles. The van der Waals surface area contributed by atoms with Gasteiger partial charge in [-0.2, -0.15) is 0 Å². The average Bonchev–Trinajstić information content (AvgIpc) is 2.17. The van der Waals surface area contributed by atoms with E-state index in [0.29, 0.717) is 11.6 Å². The number of rotatable bonds is 2. The summed E-state index contributed by atoms with van der Waals surface area (Å²) < 4.78 is 5.09. The summed E-state index contributed by atoms with van der Waals surface area (Å²) in [5, 5.41) is 2.97. The molecule has 17 heavy (non-hydrogen) atoms. The van der Waals surface area contributed by atoms with Crippen molar-refractivity contribution < 1.29 is 9.53 Å². The molecule has 1 amide bonds. The number of carbonyl (C=O) groups is 1. The molecule has 0 aliphatic heterocycles. The topological polar surface area (TPSA) is 77.2 Å². The van der Waals surface area contributed by atoms with E-state index in [1.165, 1.54) is 0 Å². The fourth-order valence-corrected chi connectivity index (χ4v) is 1.26. The Morgan fingerprint density at radius 1 is 1.59 bits per heavy atom. The third kappa shape index (κ3) is 4.91. The van der Waals surface area contributed by atoms with Crippen molar-refractivity contribution in [3.05, 3.63) is 22.8 Å². The minimum absolute atomic E-state index is 0.271. The van der Waals surface area contributed by atoms with E-state index in [1.54, 1.807) is 33.0 Å². The Kier molecular flexibility index (Phi) is 4.17. The standard InChI is InChI=1S/C11H16ClN3O2/c1-11(2,3)17-10(16)15-6-7-4-8(12)9(13)14-5-7/h4-5H,6H2,1-3H3,(H2,13,14)(H,15,16). The van der Waals surface area contributed by atoms with Crippen LogP contribution >= 0.6 is 11.6 Å². The number of carbonyl (C=O) groups excluding carboxylic acids is 1. The van der Waals surface area contributed by atoms with Crippen molar-refractivity contribution in [1.82, 2.24) is 10.3 Å². The van der Waals surface area contributed by atoms with Crippen LogP contribution in [0.5, 0.6) is 0 Å². The Morgan fingerprint density at radius 2 is 2.24 bits per heavy atom. The maximum Gasteiger partial charge on any atom is 0.407 e. The predicted molar refractivity (Wildman–Crippen MR) is 66.7 cm³/mol. The number of anilines is 1. The lowest BCUT2D eigenvalue weighted by Crippen LogP contribution is -2.32. The number of nitrogens with two attached hydrogens (primary N) is 1. The zero-order valence-electron chi connectivity index (χ0n) is 10.1. The van der Waals surface area contributed by atoms with Crippen LogP contribution in [0.1, 0.15) is 26.3 Å². The van der Waals surface area contributed by atoms with Gasteiger partial charge < -0.3 is 15.8 Å². The van der Waals surface area contributed by atoms with Crippen LogP contribution in [0.3, 0.4) is 0 Å². The number of hydrogen-bond acceptors (Lipinski definition) is 4. The lowest BCUT2D eigenvalue weighted by molar-refractivity contribution is 0.0523. The van der Waals surface area contributed by atoms with Gasteiger partial charge in [-0.15, -0.1) is 0 Å². The number of hydrogen-bond donors (Lipinski definition) is 2. The van der Waals surface area contributed by atoms with Crippen LogP contribution in [0.4, 0.5) is 10.6 Å². The van der Waals surface area contributed by atoms with Crippen molar-refractivity contribution in [2.24, 2.45) is 0 Å². The highest BCUT2D eigenvalue weighted by Gasteiger charge is 2.15. The first-order valence-corrected chi connectivity index (χ1v) is 5.52. The number of nitrogen functional groups attached to an aromatic ring is 1. The van der Waals surface area contributed by atoms with E-state index < -0.39 is 11.7 Å². The number of amides is 1. The molecular formula is C11H16ClN3O2. The van der Waals surface area contributed by atoms with Crippen LogP contribution < -0.4 is 11.1 Å². The van der Waals surface area contributed by atoms with Crippen LogP contribution in [-0.2, 0) is 11.3 Å². The van der Waals surface area contributed by atoms with E-state index in [0.717, 1.165) is 5.56 Å². The number of aromatic nitrogens is 1. The van der Waals surface area contributed by atoms with Gasteiger partial charge in [0, 0.05) is 12.7 Å². The summed E-state index contributed by atoms with van der Waals surface area (Å²) >= 11 is 5.80. The maximum atomic E-state index is 11.4. The number of nitrogens with one attached hydrogen (secondary N) is 1. The molecular weight excluding hydrogens is 242 g/mol. The van der Waals surface area contributed by atoms with Gasteiger partial charge in [0.1, 0.15) is 11.4 Å². The van der Waals surface area contributed by atoms with Gasteiger partial charge in [0.15, 0.2) is 0 Å². The molecule has 6 heteroatoms. The van der Waals surface area contributed by atoms with Gasteiger partial charge in [-0.25, -0.2) is 9.78 Å². The maximum absolute atomic E-state index is 11.4. The monoisotopic (exact) mass is 257 g/mol. The average molecular weight is 258 g/mol. The zero-order valence-corrected chi connectivity index (χ0v) is 10.8. The van der Waals surface area contributed by atoms with Crippen LogP contribution in [0.15, 0.2) is 12.3 Å². The molecule has 0 radical (unpaired) electrons. The second kappa shape index (κ2) is 5.23. The SMILES string of the molecule is CC(C)(C)OC(=O)NCc1cnc(N)c(Cl)c1. The molecule has 0 saturated heterocycles. The third-order valence-corrected chi connectivity index (χ3v) is 2.06. The van der Waals surface area contributed by atoms with Crippen molar-refractivity contribution in [2.45, 2.75) is 32.9 Å². The van der Waals surface area contributed by atoms with Gasteiger partial charge in [-0.05, 0) is 32.4 Å². The van der Waals surface area contributed by atoms with E-state index in [9.17, 15) is 4.79 Å². The Morgan fingerprint density at radius 3 is 2.76 bits per heavy atom. The van der Waals surface area contributed by atoms with Crippen LogP contribution in [0.25, 0.3) is 0 Å². The van der Waals surface area contributed by atoms with Gasteiger partial charge in [0.05, 0.1) is 5.02 Å². The second-order valence-electron chi connectivity index (χ2n) is 4.57. The summed E-state index contributed by atoms with van der Waals surface area (Å²) in [6.45, 7) is 5.69. The molecule has 0 fully saturated rings. The summed E-state index contributed by atoms with van der Waals surface area (Å²) in [6, 6.07) is 1.65. The largest absolute Gasteiger partial charge is 0.444 e. The summed E-state index contributed by atoms with van der Waals surface area (Å²) in [7, 11) is 0. The molecule has 0 saturated carbocycles. The summed E-state index contributed by atoms with van der Waals surface area (Å²) in [5.74, 6) is 0.271. The first-order valence-electron chi connectivity index (χ1n) is 5.14. The molecule has 0 unspecified atom stereocenters. The van der Waals surface area contributed by atoms with E-state index in [-0.39, 0.29) is 5.82 Å². The summed E-state index contributed by atoms with van der Waals surface area (Å²) in [6.07, 6.45) is 1.07. The molecule has 1 aromatic rings. The van der Waals surface area contributed by atoms with Gasteiger partial charge in [-0.1, -0.05) is 11.6 Å². The number of alkyl carbamates (subject to hydrolysis) is 1.